The Morgan fingerprint density at radius 2 is 1.96 bits per heavy atom. The van der Waals surface area contributed by atoms with Gasteiger partial charge in [0.2, 0.25) is 5.91 Å². The molecule has 5 nitrogen and oxygen atoms in total. The summed E-state index contributed by atoms with van der Waals surface area (Å²) < 4.78 is 0. The Bertz CT molecular complexity index is 758. The lowest BCUT2D eigenvalue weighted by Gasteiger charge is -2.34. The third-order valence-electron chi connectivity index (χ3n) is 4.95. The quantitative estimate of drug-likeness (QED) is 0.842. The molecule has 0 saturated carbocycles. The molecule has 6 heteroatoms. The van der Waals surface area contributed by atoms with Crippen molar-refractivity contribution in [3.05, 3.63) is 47.4 Å². The summed E-state index contributed by atoms with van der Waals surface area (Å²) >= 11 is 6.17. The van der Waals surface area contributed by atoms with Gasteiger partial charge < -0.3 is 9.80 Å². The van der Waals surface area contributed by atoms with E-state index in [9.17, 15) is 4.79 Å². The summed E-state index contributed by atoms with van der Waals surface area (Å²) in [7, 11) is 0. The molecule has 1 fully saturated rings. The average Bonchev–Trinajstić information content (AvgIpc) is 3.06. The predicted molar refractivity (Wildman–Crippen MR) is 94.5 cm³/mol. The van der Waals surface area contributed by atoms with Gasteiger partial charge in [0.25, 0.3) is 0 Å². The van der Waals surface area contributed by atoms with Crippen LogP contribution >= 0.6 is 11.6 Å². The van der Waals surface area contributed by atoms with Crippen molar-refractivity contribution in [1.29, 1.82) is 0 Å². The molecule has 24 heavy (non-hydrogen) atoms. The first-order valence-corrected chi connectivity index (χ1v) is 8.71. The van der Waals surface area contributed by atoms with E-state index < -0.39 is 0 Å². The second-order valence-corrected chi connectivity index (χ2v) is 6.73. The van der Waals surface area contributed by atoms with Gasteiger partial charge in [-0.1, -0.05) is 29.8 Å². The lowest BCUT2D eigenvalue weighted by molar-refractivity contribution is -0.122. The zero-order chi connectivity index (χ0) is 16.5. The van der Waals surface area contributed by atoms with E-state index in [2.05, 4.69) is 27.0 Å². The number of piperidine rings is 1. The molecular formula is C18H19ClN4O. The molecule has 1 aromatic heterocycles. The van der Waals surface area contributed by atoms with Crippen LogP contribution in [0.25, 0.3) is 0 Å². The molecule has 0 N–H and O–H groups in total. The summed E-state index contributed by atoms with van der Waals surface area (Å²) in [5.74, 6) is 1.10. The molecule has 0 radical (unpaired) electrons. The summed E-state index contributed by atoms with van der Waals surface area (Å²) in [6.07, 6.45) is 5.74. The standard InChI is InChI=1S/C18H19ClN4O/c19-15-11-20-12-21-17(15)22-8-5-14(6-9-22)18(24)23-10-7-13-3-1-2-4-16(13)23/h1-4,11-12,14H,5-10H2. The minimum absolute atomic E-state index is 0.0769. The van der Waals surface area contributed by atoms with Gasteiger partial charge in [0, 0.05) is 31.2 Å². The highest BCUT2D eigenvalue weighted by Gasteiger charge is 2.32. The monoisotopic (exact) mass is 342 g/mol. The fourth-order valence-corrected chi connectivity index (χ4v) is 3.89. The number of hydrogen-bond donors (Lipinski definition) is 0. The van der Waals surface area contributed by atoms with Gasteiger partial charge in [-0.2, -0.15) is 0 Å². The van der Waals surface area contributed by atoms with Gasteiger partial charge in [-0.05, 0) is 30.9 Å². The van der Waals surface area contributed by atoms with E-state index in [-0.39, 0.29) is 11.8 Å². The van der Waals surface area contributed by atoms with E-state index in [0.717, 1.165) is 50.4 Å². The zero-order valence-corrected chi connectivity index (χ0v) is 14.1. The van der Waals surface area contributed by atoms with E-state index in [4.69, 9.17) is 11.6 Å². The molecule has 3 heterocycles. The summed E-state index contributed by atoms with van der Waals surface area (Å²) in [5, 5.41) is 0.566. The van der Waals surface area contributed by atoms with Crippen molar-refractivity contribution in [3.63, 3.8) is 0 Å². The minimum Gasteiger partial charge on any atom is -0.355 e. The third-order valence-corrected chi connectivity index (χ3v) is 5.21. The van der Waals surface area contributed by atoms with Crippen molar-refractivity contribution in [2.75, 3.05) is 29.4 Å². The number of carbonyl (C=O) groups excluding carboxylic acids is 1. The van der Waals surface area contributed by atoms with Crippen LogP contribution in [0.2, 0.25) is 5.02 Å². The summed E-state index contributed by atoms with van der Waals surface area (Å²) in [6, 6.07) is 8.21. The summed E-state index contributed by atoms with van der Waals surface area (Å²) in [6.45, 7) is 2.39. The number of hydrogen-bond acceptors (Lipinski definition) is 4. The molecule has 124 valence electrons. The molecule has 0 aliphatic carbocycles. The van der Waals surface area contributed by atoms with E-state index >= 15 is 0 Å². The van der Waals surface area contributed by atoms with Crippen molar-refractivity contribution in [2.45, 2.75) is 19.3 Å². The molecule has 0 spiro atoms. The largest absolute Gasteiger partial charge is 0.355 e. The molecule has 0 unspecified atom stereocenters. The maximum Gasteiger partial charge on any atom is 0.230 e. The van der Waals surface area contributed by atoms with Crippen LogP contribution in [0.15, 0.2) is 36.8 Å². The average molecular weight is 343 g/mol. The smallest absolute Gasteiger partial charge is 0.230 e. The molecule has 0 atom stereocenters. The van der Waals surface area contributed by atoms with Crippen molar-refractivity contribution < 1.29 is 4.79 Å². The highest BCUT2D eigenvalue weighted by Crippen LogP contribution is 2.32. The van der Waals surface area contributed by atoms with Crippen LogP contribution in [0.5, 0.6) is 0 Å². The first-order chi connectivity index (χ1) is 11.7. The van der Waals surface area contributed by atoms with Gasteiger partial charge in [-0.3, -0.25) is 4.79 Å². The van der Waals surface area contributed by atoms with Gasteiger partial charge >= 0.3 is 0 Å². The number of benzene rings is 1. The maximum absolute atomic E-state index is 12.9. The van der Waals surface area contributed by atoms with Gasteiger partial charge in [-0.25, -0.2) is 9.97 Å². The molecule has 0 bridgehead atoms. The third kappa shape index (κ3) is 2.73. The molecule has 1 amide bonds. The summed E-state index contributed by atoms with van der Waals surface area (Å²) in [5.41, 5.74) is 2.36. The molecule has 1 saturated heterocycles. The number of halogens is 1. The molecular weight excluding hydrogens is 324 g/mol. The summed E-state index contributed by atoms with van der Waals surface area (Å²) in [4.78, 5) is 25.2. The lowest BCUT2D eigenvalue weighted by atomic mass is 9.95. The molecule has 2 aliphatic heterocycles. The van der Waals surface area contributed by atoms with Gasteiger partial charge in [0.15, 0.2) is 5.82 Å². The van der Waals surface area contributed by atoms with E-state index in [1.165, 1.54) is 11.9 Å². The predicted octanol–water partition coefficient (Wildman–Crippen LogP) is 2.94. The van der Waals surface area contributed by atoms with Crippen LogP contribution in [0, 0.1) is 5.92 Å². The molecule has 2 aromatic rings. The van der Waals surface area contributed by atoms with Crippen LogP contribution in [0.1, 0.15) is 18.4 Å². The van der Waals surface area contributed by atoms with Crippen molar-refractivity contribution in [1.82, 2.24) is 9.97 Å². The Hall–Kier alpha value is -2.14. The van der Waals surface area contributed by atoms with Crippen molar-refractivity contribution >= 4 is 29.0 Å². The number of para-hydroxylation sites is 1. The molecule has 4 rings (SSSR count). The second-order valence-electron chi connectivity index (χ2n) is 6.32. The Balaban J connectivity index is 1.43. The highest BCUT2D eigenvalue weighted by molar-refractivity contribution is 6.32. The number of aromatic nitrogens is 2. The van der Waals surface area contributed by atoms with Crippen LogP contribution in [0.4, 0.5) is 11.5 Å². The van der Waals surface area contributed by atoms with Crippen LogP contribution in [-0.2, 0) is 11.2 Å². The topological polar surface area (TPSA) is 49.3 Å². The Kier molecular flexibility index (Phi) is 4.10. The number of amides is 1. The zero-order valence-electron chi connectivity index (χ0n) is 13.4. The van der Waals surface area contributed by atoms with Crippen LogP contribution in [0.3, 0.4) is 0 Å². The molecule has 2 aliphatic rings. The Morgan fingerprint density at radius 1 is 1.17 bits per heavy atom. The maximum atomic E-state index is 12.9. The van der Waals surface area contributed by atoms with Crippen molar-refractivity contribution in [2.24, 2.45) is 5.92 Å². The van der Waals surface area contributed by atoms with Gasteiger partial charge in [0.1, 0.15) is 11.3 Å². The van der Waals surface area contributed by atoms with E-state index in [0.29, 0.717) is 5.02 Å². The Morgan fingerprint density at radius 3 is 2.75 bits per heavy atom. The SMILES string of the molecule is O=C(C1CCN(c2ncncc2Cl)CC1)N1CCc2ccccc21. The van der Waals surface area contributed by atoms with E-state index in [1.54, 1.807) is 6.20 Å². The number of anilines is 2. The first kappa shape index (κ1) is 15.4. The number of rotatable bonds is 2. The van der Waals surface area contributed by atoms with Gasteiger partial charge in [0.05, 0.1) is 6.20 Å². The lowest BCUT2D eigenvalue weighted by Crippen LogP contribution is -2.42. The number of nitrogens with zero attached hydrogens (tertiary/aromatic N) is 4. The first-order valence-electron chi connectivity index (χ1n) is 8.34. The van der Waals surface area contributed by atoms with Crippen LogP contribution < -0.4 is 9.80 Å². The van der Waals surface area contributed by atoms with Crippen molar-refractivity contribution in [3.8, 4) is 0 Å². The fourth-order valence-electron chi connectivity index (χ4n) is 3.66. The van der Waals surface area contributed by atoms with Gasteiger partial charge in [-0.15, -0.1) is 0 Å². The normalized spacial score (nSPS) is 17.9. The van der Waals surface area contributed by atoms with E-state index in [1.807, 2.05) is 17.0 Å². The van der Waals surface area contributed by atoms with Crippen LogP contribution in [-0.4, -0.2) is 35.5 Å². The minimum atomic E-state index is 0.0769. The fraction of sp³-hybridized carbons (Fsp3) is 0.389. The molecule has 1 aromatic carbocycles. The second kappa shape index (κ2) is 6.40. The highest BCUT2D eigenvalue weighted by atomic mass is 35.5. The Labute approximate surface area is 146 Å². The number of carbonyl (C=O) groups is 1. The number of fused-ring (bicyclic) bond motifs is 1.